The number of ketones is 1. The lowest BCUT2D eigenvalue weighted by Gasteiger charge is -2.13. The Balaban J connectivity index is 2.24. The van der Waals surface area contributed by atoms with Crippen molar-refractivity contribution in [3.63, 3.8) is 0 Å². The van der Waals surface area contributed by atoms with Gasteiger partial charge in [0.2, 0.25) is 0 Å². The molecule has 2 atom stereocenters. The summed E-state index contributed by atoms with van der Waals surface area (Å²) < 4.78 is 15.6. The van der Waals surface area contributed by atoms with Crippen molar-refractivity contribution < 1.29 is 23.8 Å². The fourth-order valence-corrected chi connectivity index (χ4v) is 2.17. The van der Waals surface area contributed by atoms with E-state index in [1.807, 2.05) is 6.07 Å². The molecule has 0 amide bonds. The highest BCUT2D eigenvalue weighted by atomic mass is 16.6. The summed E-state index contributed by atoms with van der Waals surface area (Å²) in [5.41, 5.74) is 0.801. The van der Waals surface area contributed by atoms with Gasteiger partial charge in [0.05, 0.1) is 14.2 Å². The van der Waals surface area contributed by atoms with Crippen molar-refractivity contribution in [1.29, 1.82) is 0 Å². The molecule has 0 bridgehead atoms. The van der Waals surface area contributed by atoms with Crippen molar-refractivity contribution >= 4 is 11.8 Å². The first kappa shape index (κ1) is 13.4. The summed E-state index contributed by atoms with van der Waals surface area (Å²) in [4.78, 5) is 22.9. The molecule has 0 aromatic heterocycles. The second-order valence-electron chi connectivity index (χ2n) is 4.44. The van der Waals surface area contributed by atoms with Gasteiger partial charge in [0, 0.05) is 6.42 Å². The van der Waals surface area contributed by atoms with Crippen molar-refractivity contribution in [2.45, 2.75) is 19.4 Å². The van der Waals surface area contributed by atoms with Crippen LogP contribution >= 0.6 is 0 Å². The van der Waals surface area contributed by atoms with Gasteiger partial charge in [-0.1, -0.05) is 6.07 Å². The highest BCUT2D eigenvalue weighted by Crippen LogP contribution is 2.37. The maximum absolute atomic E-state index is 11.6. The first-order chi connectivity index (χ1) is 9.06. The van der Waals surface area contributed by atoms with E-state index in [1.54, 1.807) is 26.4 Å². The molecule has 102 valence electrons. The van der Waals surface area contributed by atoms with Gasteiger partial charge in [0.15, 0.2) is 11.5 Å². The van der Waals surface area contributed by atoms with Crippen LogP contribution in [-0.4, -0.2) is 26.0 Å². The van der Waals surface area contributed by atoms with Crippen LogP contribution < -0.4 is 9.47 Å². The number of hydrogen-bond acceptors (Lipinski definition) is 5. The molecule has 1 aromatic carbocycles. The lowest BCUT2D eigenvalue weighted by atomic mass is 9.97. The monoisotopic (exact) mass is 264 g/mol. The first-order valence-corrected chi connectivity index (χ1v) is 5.99. The number of cyclic esters (lactones) is 1. The van der Waals surface area contributed by atoms with Gasteiger partial charge in [-0.25, -0.2) is 0 Å². The molecular formula is C14H16O5. The van der Waals surface area contributed by atoms with Crippen LogP contribution in [0.1, 0.15) is 25.0 Å². The van der Waals surface area contributed by atoms with E-state index in [2.05, 4.69) is 0 Å². The van der Waals surface area contributed by atoms with Crippen LogP contribution in [0.5, 0.6) is 11.5 Å². The SMILES string of the molecule is COc1ccc(C2CC(C(C)=O)C(=O)O2)cc1OC. The van der Waals surface area contributed by atoms with E-state index in [0.29, 0.717) is 17.9 Å². The predicted octanol–water partition coefficient (Wildman–Crippen LogP) is 1.90. The van der Waals surface area contributed by atoms with E-state index < -0.39 is 18.0 Å². The van der Waals surface area contributed by atoms with E-state index in [-0.39, 0.29) is 5.78 Å². The molecule has 1 aromatic rings. The number of carbonyl (C=O) groups is 2. The first-order valence-electron chi connectivity index (χ1n) is 5.99. The normalized spacial score (nSPS) is 21.9. The maximum atomic E-state index is 11.6. The van der Waals surface area contributed by atoms with E-state index in [4.69, 9.17) is 14.2 Å². The van der Waals surface area contributed by atoms with Gasteiger partial charge < -0.3 is 14.2 Å². The predicted molar refractivity (Wildman–Crippen MR) is 67.2 cm³/mol. The van der Waals surface area contributed by atoms with Gasteiger partial charge >= 0.3 is 5.97 Å². The Labute approximate surface area is 111 Å². The molecule has 1 heterocycles. The molecule has 0 N–H and O–H groups in total. The topological polar surface area (TPSA) is 61.8 Å². The third-order valence-electron chi connectivity index (χ3n) is 3.26. The molecular weight excluding hydrogens is 248 g/mol. The lowest BCUT2D eigenvalue weighted by Crippen LogP contribution is -2.15. The zero-order chi connectivity index (χ0) is 14.0. The van der Waals surface area contributed by atoms with Gasteiger partial charge in [-0.2, -0.15) is 0 Å². The molecule has 0 saturated carbocycles. The fraction of sp³-hybridized carbons (Fsp3) is 0.429. The Morgan fingerprint density at radius 2 is 1.95 bits per heavy atom. The summed E-state index contributed by atoms with van der Waals surface area (Å²) in [6.45, 7) is 1.41. The highest BCUT2D eigenvalue weighted by Gasteiger charge is 2.38. The van der Waals surface area contributed by atoms with Gasteiger partial charge in [-0.15, -0.1) is 0 Å². The Kier molecular flexibility index (Phi) is 3.74. The molecule has 5 heteroatoms. The largest absolute Gasteiger partial charge is 0.493 e. The zero-order valence-corrected chi connectivity index (χ0v) is 11.1. The summed E-state index contributed by atoms with van der Waals surface area (Å²) >= 11 is 0. The van der Waals surface area contributed by atoms with Crippen molar-refractivity contribution in [2.75, 3.05) is 14.2 Å². The molecule has 19 heavy (non-hydrogen) atoms. The molecule has 1 saturated heterocycles. The van der Waals surface area contributed by atoms with Crippen LogP contribution in [0.3, 0.4) is 0 Å². The average Bonchev–Trinajstić information content (AvgIpc) is 2.80. The van der Waals surface area contributed by atoms with Gasteiger partial charge in [-0.3, -0.25) is 9.59 Å². The van der Waals surface area contributed by atoms with E-state index in [9.17, 15) is 9.59 Å². The Morgan fingerprint density at radius 3 is 2.47 bits per heavy atom. The number of carbonyl (C=O) groups excluding carboxylic acids is 2. The number of Topliss-reactive ketones (excluding diaryl/α,β-unsaturated/α-hetero) is 1. The second kappa shape index (κ2) is 5.30. The van der Waals surface area contributed by atoms with Crippen molar-refractivity contribution in [3.05, 3.63) is 23.8 Å². The molecule has 2 rings (SSSR count). The highest BCUT2D eigenvalue weighted by molar-refractivity contribution is 5.98. The van der Waals surface area contributed by atoms with Crippen molar-refractivity contribution in [2.24, 2.45) is 5.92 Å². The third kappa shape index (κ3) is 2.54. The van der Waals surface area contributed by atoms with Crippen LogP contribution in [0.15, 0.2) is 18.2 Å². The zero-order valence-electron chi connectivity index (χ0n) is 11.1. The summed E-state index contributed by atoms with van der Waals surface area (Å²) in [5.74, 6) is -0.0839. The number of methoxy groups -OCH3 is 2. The number of esters is 1. The second-order valence-corrected chi connectivity index (χ2v) is 4.44. The maximum Gasteiger partial charge on any atom is 0.317 e. The smallest absolute Gasteiger partial charge is 0.317 e. The van der Waals surface area contributed by atoms with Gasteiger partial charge in [0.1, 0.15) is 17.8 Å². The minimum atomic E-state index is -0.655. The lowest BCUT2D eigenvalue weighted by molar-refractivity contribution is -0.146. The molecule has 0 spiro atoms. The minimum Gasteiger partial charge on any atom is -0.493 e. The molecule has 0 radical (unpaired) electrons. The summed E-state index contributed by atoms with van der Waals surface area (Å²) in [6.07, 6.45) is -0.0230. The molecule has 2 unspecified atom stereocenters. The fourth-order valence-electron chi connectivity index (χ4n) is 2.17. The molecule has 5 nitrogen and oxygen atoms in total. The van der Waals surface area contributed by atoms with Crippen LogP contribution in [0.2, 0.25) is 0 Å². The van der Waals surface area contributed by atoms with Crippen molar-refractivity contribution in [3.8, 4) is 11.5 Å². The standard InChI is InChI=1S/C14H16O5/c1-8(15)10-7-12(19-14(10)16)9-4-5-11(17-2)13(6-9)18-3/h4-6,10,12H,7H2,1-3H3. The van der Waals surface area contributed by atoms with Crippen LogP contribution in [-0.2, 0) is 14.3 Å². The molecule has 1 aliphatic heterocycles. The Bertz CT molecular complexity index is 509. The molecule has 1 aliphatic rings. The van der Waals surface area contributed by atoms with E-state index in [1.165, 1.54) is 6.92 Å². The quantitative estimate of drug-likeness (QED) is 0.614. The number of ether oxygens (including phenoxy) is 3. The van der Waals surface area contributed by atoms with Gasteiger partial charge in [0.25, 0.3) is 0 Å². The van der Waals surface area contributed by atoms with Crippen LogP contribution in [0.4, 0.5) is 0 Å². The summed E-state index contributed by atoms with van der Waals surface area (Å²) in [6, 6.07) is 5.32. The van der Waals surface area contributed by atoms with Crippen LogP contribution in [0.25, 0.3) is 0 Å². The van der Waals surface area contributed by atoms with Crippen LogP contribution in [0, 0.1) is 5.92 Å². The van der Waals surface area contributed by atoms with E-state index >= 15 is 0 Å². The van der Waals surface area contributed by atoms with Gasteiger partial charge in [-0.05, 0) is 24.6 Å². The number of rotatable bonds is 4. The summed E-state index contributed by atoms with van der Waals surface area (Å²) in [5, 5.41) is 0. The summed E-state index contributed by atoms with van der Waals surface area (Å²) in [7, 11) is 3.10. The number of hydrogen-bond donors (Lipinski definition) is 0. The minimum absolute atomic E-state index is 0.159. The third-order valence-corrected chi connectivity index (χ3v) is 3.26. The van der Waals surface area contributed by atoms with Crippen molar-refractivity contribution in [1.82, 2.24) is 0 Å². The average molecular weight is 264 g/mol. The number of benzene rings is 1. The molecule has 0 aliphatic carbocycles. The molecule has 1 fully saturated rings. The Morgan fingerprint density at radius 1 is 1.26 bits per heavy atom. The van der Waals surface area contributed by atoms with E-state index in [0.717, 1.165) is 5.56 Å². The Hall–Kier alpha value is -2.04.